The molecule has 1 aromatic rings. The van der Waals surface area contributed by atoms with Crippen LogP contribution in [0.15, 0.2) is 18.3 Å². The molecule has 0 amide bonds. The third kappa shape index (κ3) is 4.20. The van der Waals surface area contributed by atoms with E-state index in [1.165, 1.54) is 5.56 Å². The minimum atomic E-state index is 0.781. The summed E-state index contributed by atoms with van der Waals surface area (Å²) >= 11 is 1.75. The first-order valence-electron chi connectivity index (χ1n) is 4.50. The van der Waals surface area contributed by atoms with Gasteiger partial charge in [-0.25, -0.2) is 4.98 Å². The number of rotatable bonds is 5. The zero-order valence-electron chi connectivity index (χ0n) is 8.29. The second kappa shape index (κ2) is 6.33. The van der Waals surface area contributed by atoms with Crippen LogP contribution in [0.2, 0.25) is 0 Å². The van der Waals surface area contributed by atoms with Crippen molar-refractivity contribution >= 4 is 17.6 Å². The average Bonchev–Trinajstić information content (AvgIpc) is 2.18. The first-order valence-corrected chi connectivity index (χ1v) is 5.66. The van der Waals surface area contributed by atoms with Crippen molar-refractivity contribution in [2.45, 2.75) is 6.92 Å². The topological polar surface area (TPSA) is 24.9 Å². The molecule has 0 aliphatic carbocycles. The fourth-order valence-electron chi connectivity index (χ4n) is 1.02. The Bertz CT molecular complexity index is 317. The van der Waals surface area contributed by atoms with Crippen LogP contribution < -0.4 is 5.32 Å². The number of pyridine rings is 1. The molecule has 0 bridgehead atoms. The molecular formula is C11H14N2S. The van der Waals surface area contributed by atoms with E-state index in [1.807, 2.05) is 18.3 Å². The van der Waals surface area contributed by atoms with Crippen molar-refractivity contribution in [1.29, 1.82) is 0 Å². The van der Waals surface area contributed by atoms with Crippen LogP contribution >= 0.6 is 11.8 Å². The van der Waals surface area contributed by atoms with Gasteiger partial charge in [-0.2, -0.15) is 0 Å². The van der Waals surface area contributed by atoms with Crippen LogP contribution in [0.5, 0.6) is 0 Å². The molecule has 0 unspecified atom stereocenters. The number of aryl methyl sites for hydroxylation is 1. The molecule has 14 heavy (non-hydrogen) atoms. The molecule has 0 aromatic carbocycles. The van der Waals surface area contributed by atoms with Crippen LogP contribution in [-0.2, 0) is 0 Å². The molecule has 0 saturated heterocycles. The van der Waals surface area contributed by atoms with Crippen molar-refractivity contribution in [2.75, 3.05) is 23.4 Å². The number of nitrogens with zero attached hydrogens (tertiary/aromatic N) is 1. The van der Waals surface area contributed by atoms with Gasteiger partial charge in [0.1, 0.15) is 5.82 Å². The highest BCUT2D eigenvalue weighted by Crippen LogP contribution is 2.05. The van der Waals surface area contributed by atoms with Crippen molar-refractivity contribution in [3.8, 4) is 12.3 Å². The van der Waals surface area contributed by atoms with Crippen molar-refractivity contribution in [2.24, 2.45) is 0 Å². The Morgan fingerprint density at radius 3 is 3.21 bits per heavy atom. The number of thioether (sulfide) groups is 1. The van der Waals surface area contributed by atoms with E-state index in [-0.39, 0.29) is 0 Å². The van der Waals surface area contributed by atoms with E-state index < -0.39 is 0 Å². The lowest BCUT2D eigenvalue weighted by molar-refractivity contribution is 1.16. The number of aromatic nitrogens is 1. The van der Waals surface area contributed by atoms with Crippen LogP contribution in [0.1, 0.15) is 5.56 Å². The molecule has 0 fully saturated rings. The third-order valence-corrected chi connectivity index (χ3v) is 2.52. The van der Waals surface area contributed by atoms with Gasteiger partial charge < -0.3 is 5.32 Å². The Morgan fingerprint density at radius 1 is 1.64 bits per heavy atom. The smallest absolute Gasteiger partial charge is 0.126 e. The molecule has 2 nitrogen and oxygen atoms in total. The van der Waals surface area contributed by atoms with E-state index in [2.05, 4.69) is 23.1 Å². The van der Waals surface area contributed by atoms with E-state index in [0.717, 1.165) is 23.9 Å². The number of anilines is 1. The summed E-state index contributed by atoms with van der Waals surface area (Å²) < 4.78 is 0. The lowest BCUT2D eigenvalue weighted by atomic mass is 10.3. The molecule has 0 atom stereocenters. The molecule has 1 N–H and O–H groups in total. The van der Waals surface area contributed by atoms with Gasteiger partial charge >= 0.3 is 0 Å². The summed E-state index contributed by atoms with van der Waals surface area (Å²) in [7, 11) is 0. The first-order chi connectivity index (χ1) is 6.83. The van der Waals surface area contributed by atoms with Gasteiger partial charge in [-0.3, -0.25) is 0 Å². The predicted octanol–water partition coefficient (Wildman–Crippen LogP) is 2.17. The lowest BCUT2D eigenvalue weighted by Gasteiger charge is -2.04. The summed E-state index contributed by atoms with van der Waals surface area (Å²) in [5.74, 6) is 5.33. The molecule has 0 spiro atoms. The lowest BCUT2D eigenvalue weighted by Crippen LogP contribution is -2.05. The van der Waals surface area contributed by atoms with E-state index in [4.69, 9.17) is 6.42 Å². The highest BCUT2D eigenvalue weighted by Gasteiger charge is 1.92. The summed E-state index contributed by atoms with van der Waals surface area (Å²) in [5.41, 5.74) is 1.22. The predicted molar refractivity (Wildman–Crippen MR) is 63.6 cm³/mol. The van der Waals surface area contributed by atoms with Crippen molar-refractivity contribution in [3.05, 3.63) is 23.9 Å². The fourth-order valence-corrected chi connectivity index (χ4v) is 1.52. The molecule has 1 heterocycles. The Balaban J connectivity index is 2.22. The van der Waals surface area contributed by atoms with E-state index >= 15 is 0 Å². The number of hydrogen-bond donors (Lipinski definition) is 1. The van der Waals surface area contributed by atoms with Crippen LogP contribution in [0.25, 0.3) is 0 Å². The quantitative estimate of drug-likeness (QED) is 0.590. The molecule has 1 rings (SSSR count). The summed E-state index contributed by atoms with van der Waals surface area (Å²) in [4.78, 5) is 4.20. The summed E-state index contributed by atoms with van der Waals surface area (Å²) in [6.07, 6.45) is 6.95. The fraction of sp³-hybridized carbons (Fsp3) is 0.364. The first kappa shape index (κ1) is 10.9. The molecule has 1 aromatic heterocycles. The third-order valence-electron chi connectivity index (χ3n) is 1.65. The maximum Gasteiger partial charge on any atom is 0.126 e. The van der Waals surface area contributed by atoms with Gasteiger partial charge in [-0.1, -0.05) is 5.92 Å². The highest BCUT2D eigenvalue weighted by atomic mass is 32.2. The van der Waals surface area contributed by atoms with Crippen molar-refractivity contribution < 1.29 is 0 Å². The Labute approximate surface area is 89.5 Å². The van der Waals surface area contributed by atoms with Crippen molar-refractivity contribution in [3.63, 3.8) is 0 Å². The zero-order valence-corrected chi connectivity index (χ0v) is 9.10. The zero-order chi connectivity index (χ0) is 10.2. The average molecular weight is 206 g/mol. The van der Waals surface area contributed by atoms with Gasteiger partial charge in [0.15, 0.2) is 0 Å². The normalized spacial score (nSPS) is 9.43. The molecule has 74 valence electrons. The summed E-state index contributed by atoms with van der Waals surface area (Å²) in [6.45, 7) is 2.96. The maximum absolute atomic E-state index is 5.14. The van der Waals surface area contributed by atoms with Crippen LogP contribution in [0, 0.1) is 19.3 Å². The van der Waals surface area contributed by atoms with Gasteiger partial charge in [0, 0.05) is 18.5 Å². The molecule has 0 aliphatic heterocycles. The van der Waals surface area contributed by atoms with Gasteiger partial charge in [-0.15, -0.1) is 18.2 Å². The monoisotopic (exact) mass is 206 g/mol. The minimum Gasteiger partial charge on any atom is -0.369 e. The van der Waals surface area contributed by atoms with E-state index in [9.17, 15) is 0 Å². The maximum atomic E-state index is 5.14. The molecule has 0 saturated carbocycles. The second-order valence-corrected chi connectivity index (χ2v) is 4.01. The number of terminal acetylenes is 1. The minimum absolute atomic E-state index is 0.781. The highest BCUT2D eigenvalue weighted by molar-refractivity contribution is 7.99. The molecular weight excluding hydrogens is 192 g/mol. The largest absolute Gasteiger partial charge is 0.369 e. The van der Waals surface area contributed by atoms with Crippen molar-refractivity contribution in [1.82, 2.24) is 4.98 Å². The Kier molecular flexibility index (Phi) is 4.95. The Hall–Kier alpha value is -1.14. The van der Waals surface area contributed by atoms with E-state index in [0.29, 0.717) is 0 Å². The molecule has 3 heteroatoms. The van der Waals surface area contributed by atoms with Crippen LogP contribution in [0.3, 0.4) is 0 Å². The standard InChI is InChI=1S/C11H14N2S/c1-3-7-14-8-6-13-11-9-10(2)4-5-12-11/h1,4-5,9H,6-8H2,2H3,(H,12,13). The van der Waals surface area contributed by atoms with Gasteiger partial charge in [0.25, 0.3) is 0 Å². The molecule has 0 radical (unpaired) electrons. The second-order valence-electron chi connectivity index (χ2n) is 2.90. The van der Waals surface area contributed by atoms with Crippen LogP contribution in [-0.4, -0.2) is 23.0 Å². The van der Waals surface area contributed by atoms with Crippen LogP contribution in [0.4, 0.5) is 5.82 Å². The summed E-state index contributed by atoms with van der Waals surface area (Å²) in [6, 6.07) is 4.02. The van der Waals surface area contributed by atoms with Gasteiger partial charge in [-0.05, 0) is 24.6 Å². The molecule has 0 aliphatic rings. The van der Waals surface area contributed by atoms with Gasteiger partial charge in [0.2, 0.25) is 0 Å². The Morgan fingerprint density at radius 2 is 2.50 bits per heavy atom. The van der Waals surface area contributed by atoms with Gasteiger partial charge in [0.05, 0.1) is 5.75 Å². The number of nitrogens with one attached hydrogen (secondary N) is 1. The summed E-state index contributed by atoms with van der Waals surface area (Å²) in [5, 5.41) is 3.24. The SMILES string of the molecule is C#CCSCCNc1cc(C)ccn1. The number of hydrogen-bond acceptors (Lipinski definition) is 3. The van der Waals surface area contributed by atoms with E-state index in [1.54, 1.807) is 11.8 Å².